The number of amides is 1. The second kappa shape index (κ2) is 5.84. The number of carbonyl (C=O) groups excluding carboxylic acids is 1. The van der Waals surface area contributed by atoms with Crippen molar-refractivity contribution in [2.24, 2.45) is 5.92 Å². The summed E-state index contributed by atoms with van der Waals surface area (Å²) in [5, 5.41) is 9.69. The van der Waals surface area contributed by atoms with Gasteiger partial charge in [-0.25, -0.2) is 0 Å². The predicted octanol–water partition coefficient (Wildman–Crippen LogP) is 3.02. The van der Waals surface area contributed by atoms with Crippen molar-refractivity contribution in [3.8, 4) is 0 Å². The number of aryl methyl sites for hydroxylation is 1. The third kappa shape index (κ3) is 3.32. The first kappa shape index (κ1) is 12.1. The van der Waals surface area contributed by atoms with Crippen LogP contribution in [0.5, 0.6) is 0 Å². The van der Waals surface area contributed by atoms with Crippen LogP contribution in [0.2, 0.25) is 0 Å². The van der Waals surface area contributed by atoms with E-state index in [2.05, 4.69) is 15.5 Å². The van der Waals surface area contributed by atoms with Crippen molar-refractivity contribution < 1.29 is 4.79 Å². The van der Waals surface area contributed by atoms with Crippen molar-refractivity contribution in [1.29, 1.82) is 0 Å². The highest BCUT2D eigenvalue weighted by Gasteiger charge is 2.20. The number of nitrogens with one attached hydrogen (secondary N) is 2. The Bertz CT molecular complexity index is 364. The van der Waals surface area contributed by atoms with Crippen molar-refractivity contribution in [2.75, 3.05) is 5.32 Å². The summed E-state index contributed by atoms with van der Waals surface area (Å²) in [4.78, 5) is 12.1. The third-order valence-electron chi connectivity index (χ3n) is 3.55. The van der Waals surface area contributed by atoms with Crippen LogP contribution in [-0.2, 0) is 4.79 Å². The Morgan fingerprint density at radius 2 is 1.94 bits per heavy atom. The van der Waals surface area contributed by atoms with Gasteiger partial charge >= 0.3 is 0 Å². The lowest BCUT2D eigenvalue weighted by Crippen LogP contribution is -2.24. The zero-order valence-corrected chi connectivity index (χ0v) is 10.5. The molecule has 1 amide bonds. The maximum Gasteiger partial charge on any atom is 0.228 e. The molecule has 17 heavy (non-hydrogen) atoms. The Morgan fingerprint density at radius 1 is 1.29 bits per heavy atom. The van der Waals surface area contributed by atoms with Crippen LogP contribution in [0.4, 0.5) is 5.82 Å². The summed E-state index contributed by atoms with van der Waals surface area (Å²) in [7, 11) is 0. The van der Waals surface area contributed by atoms with Gasteiger partial charge in [0, 0.05) is 11.5 Å². The molecule has 1 aliphatic carbocycles. The Kier molecular flexibility index (Phi) is 4.18. The van der Waals surface area contributed by atoms with Gasteiger partial charge in [0.25, 0.3) is 0 Å². The molecule has 0 aliphatic heterocycles. The molecule has 4 heteroatoms. The van der Waals surface area contributed by atoms with Gasteiger partial charge in [0.05, 0.1) is 6.20 Å². The molecular weight excluding hydrogens is 214 g/mol. The molecule has 1 saturated carbocycles. The molecular formula is C13H21N3O. The van der Waals surface area contributed by atoms with E-state index in [1.165, 1.54) is 32.1 Å². The molecule has 0 saturated heterocycles. The van der Waals surface area contributed by atoms with Crippen LogP contribution in [0.1, 0.15) is 50.5 Å². The van der Waals surface area contributed by atoms with Gasteiger partial charge in [0.2, 0.25) is 5.91 Å². The Balaban J connectivity index is 1.91. The maximum atomic E-state index is 12.1. The van der Waals surface area contributed by atoms with Gasteiger partial charge in [0.1, 0.15) is 5.82 Å². The van der Waals surface area contributed by atoms with E-state index in [4.69, 9.17) is 0 Å². The number of hydrogen-bond acceptors (Lipinski definition) is 2. The molecule has 1 aromatic heterocycles. The Hall–Kier alpha value is -1.32. The van der Waals surface area contributed by atoms with Gasteiger partial charge in [-0.05, 0) is 19.8 Å². The summed E-state index contributed by atoms with van der Waals surface area (Å²) < 4.78 is 0. The van der Waals surface area contributed by atoms with E-state index >= 15 is 0 Å². The van der Waals surface area contributed by atoms with E-state index in [0.29, 0.717) is 0 Å². The molecule has 94 valence electrons. The second-order valence-corrected chi connectivity index (χ2v) is 4.96. The number of anilines is 1. The maximum absolute atomic E-state index is 12.1. The molecule has 0 atom stereocenters. The van der Waals surface area contributed by atoms with Crippen LogP contribution < -0.4 is 5.32 Å². The second-order valence-electron chi connectivity index (χ2n) is 4.96. The molecule has 0 radical (unpaired) electrons. The third-order valence-corrected chi connectivity index (χ3v) is 3.55. The first-order valence-corrected chi connectivity index (χ1v) is 6.58. The van der Waals surface area contributed by atoms with Crippen molar-refractivity contribution in [2.45, 2.75) is 51.9 Å². The number of aromatic amines is 1. The average molecular weight is 235 g/mol. The molecule has 1 aromatic rings. The molecule has 1 fully saturated rings. The van der Waals surface area contributed by atoms with Crippen LogP contribution in [0.3, 0.4) is 0 Å². The Morgan fingerprint density at radius 3 is 2.53 bits per heavy atom. The molecule has 0 bridgehead atoms. The zero-order chi connectivity index (χ0) is 12.1. The van der Waals surface area contributed by atoms with E-state index < -0.39 is 0 Å². The molecule has 0 aromatic carbocycles. The minimum absolute atomic E-state index is 0.152. The van der Waals surface area contributed by atoms with Gasteiger partial charge in [0.15, 0.2) is 0 Å². The lowest BCUT2D eigenvalue weighted by Gasteiger charge is -2.18. The fourth-order valence-electron chi connectivity index (χ4n) is 2.42. The quantitative estimate of drug-likeness (QED) is 0.827. The zero-order valence-electron chi connectivity index (χ0n) is 10.5. The van der Waals surface area contributed by atoms with Crippen molar-refractivity contribution in [3.63, 3.8) is 0 Å². The van der Waals surface area contributed by atoms with E-state index in [1.807, 2.05) is 6.92 Å². The molecule has 1 aliphatic rings. The van der Waals surface area contributed by atoms with Crippen LogP contribution in [0, 0.1) is 12.8 Å². The smallest absolute Gasteiger partial charge is 0.228 e. The minimum atomic E-state index is 0.152. The highest BCUT2D eigenvalue weighted by molar-refractivity contribution is 5.92. The van der Waals surface area contributed by atoms with E-state index in [9.17, 15) is 4.79 Å². The van der Waals surface area contributed by atoms with Gasteiger partial charge in [-0.15, -0.1) is 0 Å². The number of hydrogen-bond donors (Lipinski definition) is 2. The first-order chi connectivity index (χ1) is 8.27. The van der Waals surface area contributed by atoms with Crippen LogP contribution >= 0.6 is 0 Å². The number of carbonyl (C=O) groups is 1. The van der Waals surface area contributed by atoms with Crippen molar-refractivity contribution >= 4 is 11.7 Å². The highest BCUT2D eigenvalue weighted by atomic mass is 16.1. The molecule has 2 rings (SSSR count). The topological polar surface area (TPSA) is 57.8 Å². The normalized spacial score (nSPS) is 18.4. The van der Waals surface area contributed by atoms with E-state index in [-0.39, 0.29) is 11.8 Å². The van der Waals surface area contributed by atoms with E-state index in [0.717, 1.165) is 24.2 Å². The summed E-state index contributed by atoms with van der Waals surface area (Å²) in [5.74, 6) is 1.08. The fraction of sp³-hybridized carbons (Fsp3) is 0.692. The molecule has 0 spiro atoms. The Labute approximate surface area is 102 Å². The molecule has 0 unspecified atom stereocenters. The summed E-state index contributed by atoms with van der Waals surface area (Å²) in [5.41, 5.74) is 0.990. The summed E-state index contributed by atoms with van der Waals surface area (Å²) in [6.07, 6.45) is 10.0. The fourth-order valence-corrected chi connectivity index (χ4v) is 2.42. The average Bonchev–Trinajstić information content (AvgIpc) is 2.63. The number of rotatable bonds is 2. The predicted molar refractivity (Wildman–Crippen MR) is 67.8 cm³/mol. The van der Waals surface area contributed by atoms with Crippen molar-refractivity contribution in [1.82, 2.24) is 10.2 Å². The molecule has 4 nitrogen and oxygen atoms in total. The van der Waals surface area contributed by atoms with Gasteiger partial charge < -0.3 is 5.32 Å². The standard InChI is InChI=1S/C13H21N3O/c1-10-9-14-16-12(10)15-13(17)11-7-5-3-2-4-6-8-11/h9,11H,2-8H2,1H3,(H2,14,15,16,17). The largest absolute Gasteiger partial charge is 0.311 e. The monoisotopic (exact) mass is 235 g/mol. The van der Waals surface area contributed by atoms with Crippen LogP contribution in [0.15, 0.2) is 6.20 Å². The first-order valence-electron chi connectivity index (χ1n) is 6.58. The van der Waals surface area contributed by atoms with Gasteiger partial charge in [-0.1, -0.05) is 32.1 Å². The SMILES string of the molecule is Cc1cn[nH]c1NC(=O)C1CCCCCCC1. The summed E-state index contributed by atoms with van der Waals surface area (Å²) >= 11 is 0. The lowest BCUT2D eigenvalue weighted by atomic mass is 9.90. The summed E-state index contributed by atoms with van der Waals surface area (Å²) in [6.45, 7) is 1.94. The molecule has 2 N–H and O–H groups in total. The van der Waals surface area contributed by atoms with Gasteiger partial charge in [-0.3, -0.25) is 9.89 Å². The number of aromatic nitrogens is 2. The number of nitrogens with zero attached hydrogens (tertiary/aromatic N) is 1. The summed E-state index contributed by atoms with van der Waals surface area (Å²) in [6, 6.07) is 0. The highest BCUT2D eigenvalue weighted by Crippen LogP contribution is 2.23. The van der Waals surface area contributed by atoms with Crippen molar-refractivity contribution in [3.05, 3.63) is 11.8 Å². The lowest BCUT2D eigenvalue weighted by molar-refractivity contribution is -0.120. The van der Waals surface area contributed by atoms with Gasteiger partial charge in [-0.2, -0.15) is 5.10 Å². The molecule has 1 heterocycles. The minimum Gasteiger partial charge on any atom is -0.311 e. The number of H-pyrrole nitrogens is 1. The van der Waals surface area contributed by atoms with E-state index in [1.54, 1.807) is 6.20 Å². The van der Waals surface area contributed by atoms with Crippen LogP contribution in [0.25, 0.3) is 0 Å². The van der Waals surface area contributed by atoms with Crippen LogP contribution in [-0.4, -0.2) is 16.1 Å².